The number of aliphatic hydroxyl groups excluding tert-OH is 2. The van der Waals surface area contributed by atoms with Crippen molar-refractivity contribution in [2.75, 3.05) is 0 Å². The second-order valence-corrected chi connectivity index (χ2v) is 3.81. The zero-order valence-corrected chi connectivity index (χ0v) is 9.75. The highest BCUT2D eigenvalue weighted by Gasteiger charge is 2.40. The lowest BCUT2D eigenvalue weighted by molar-refractivity contribution is -0.242. The van der Waals surface area contributed by atoms with Gasteiger partial charge in [-0.15, -0.1) is 0 Å². The van der Waals surface area contributed by atoms with Gasteiger partial charge < -0.3 is 19.7 Å². The first-order valence-electron chi connectivity index (χ1n) is 4.78. The van der Waals surface area contributed by atoms with Crippen molar-refractivity contribution in [3.05, 3.63) is 25.3 Å². The quantitative estimate of drug-likeness (QED) is 0.391. The van der Waals surface area contributed by atoms with Gasteiger partial charge in [0.25, 0.3) is 0 Å². The molecule has 0 rings (SSSR count). The van der Waals surface area contributed by atoms with Gasteiger partial charge in [-0.05, 0) is 13.8 Å². The fourth-order valence-electron chi connectivity index (χ4n) is 0.742. The Balaban J connectivity index is 4.62. The Morgan fingerprint density at radius 2 is 1.35 bits per heavy atom. The Bertz CT molecular complexity index is 290. The Morgan fingerprint density at radius 3 is 1.59 bits per heavy atom. The van der Waals surface area contributed by atoms with Gasteiger partial charge in [-0.3, -0.25) is 0 Å². The van der Waals surface area contributed by atoms with Gasteiger partial charge in [0.05, 0.1) is 5.41 Å². The number of ether oxygens (including phenoxy) is 2. The smallest absolute Gasteiger partial charge is 0.332 e. The highest BCUT2D eigenvalue weighted by molar-refractivity contribution is 5.81. The second-order valence-electron chi connectivity index (χ2n) is 3.81. The maximum absolute atomic E-state index is 10.9. The Labute approximate surface area is 99.1 Å². The van der Waals surface area contributed by atoms with E-state index in [1.807, 2.05) is 0 Å². The molecule has 0 fully saturated rings. The van der Waals surface area contributed by atoms with E-state index in [9.17, 15) is 19.8 Å². The molecular formula is C11H16O6. The fraction of sp³-hybridized carbons (Fsp3) is 0.455. The molecule has 0 spiro atoms. The summed E-state index contributed by atoms with van der Waals surface area (Å²) in [5.41, 5.74) is -1.39. The van der Waals surface area contributed by atoms with Crippen molar-refractivity contribution in [3.63, 3.8) is 0 Å². The third-order valence-electron chi connectivity index (χ3n) is 2.06. The first kappa shape index (κ1) is 15.3. The van der Waals surface area contributed by atoms with Gasteiger partial charge in [-0.2, -0.15) is 0 Å². The van der Waals surface area contributed by atoms with Crippen LogP contribution in [0, 0.1) is 5.41 Å². The monoisotopic (exact) mass is 244 g/mol. The second kappa shape index (κ2) is 6.17. The number of rotatable bonds is 6. The number of hydrogen-bond donors (Lipinski definition) is 2. The number of carbonyl (C=O) groups excluding carboxylic acids is 2. The molecule has 0 radical (unpaired) electrons. The Morgan fingerprint density at radius 1 is 1.06 bits per heavy atom. The number of aliphatic hydroxyl groups is 2. The topological polar surface area (TPSA) is 93.1 Å². The van der Waals surface area contributed by atoms with Crippen molar-refractivity contribution in [1.29, 1.82) is 0 Å². The molecule has 0 saturated heterocycles. The Kier molecular flexibility index (Phi) is 5.57. The zero-order valence-electron chi connectivity index (χ0n) is 9.75. The van der Waals surface area contributed by atoms with Crippen LogP contribution in [0.1, 0.15) is 13.8 Å². The summed E-state index contributed by atoms with van der Waals surface area (Å²) in [5, 5.41) is 19.1. The SMILES string of the molecule is C=CC(=O)OC(O)C(C)(C)C(O)OC(=O)C=C. The van der Waals surface area contributed by atoms with Gasteiger partial charge in [-0.1, -0.05) is 13.2 Å². The van der Waals surface area contributed by atoms with Gasteiger partial charge in [0.1, 0.15) is 0 Å². The molecule has 0 aliphatic heterocycles. The van der Waals surface area contributed by atoms with Crippen molar-refractivity contribution in [1.82, 2.24) is 0 Å². The van der Waals surface area contributed by atoms with Crippen LogP contribution < -0.4 is 0 Å². The molecule has 0 amide bonds. The van der Waals surface area contributed by atoms with E-state index < -0.39 is 29.9 Å². The minimum Gasteiger partial charge on any atom is -0.432 e. The number of esters is 2. The normalized spacial score (nSPS) is 14.4. The molecule has 17 heavy (non-hydrogen) atoms. The zero-order chi connectivity index (χ0) is 13.6. The molecule has 0 aliphatic carbocycles. The van der Waals surface area contributed by atoms with Gasteiger partial charge in [-0.25, -0.2) is 9.59 Å². The Hall–Kier alpha value is -1.66. The van der Waals surface area contributed by atoms with Crippen LogP contribution in [-0.2, 0) is 19.1 Å². The third kappa shape index (κ3) is 4.38. The van der Waals surface area contributed by atoms with Crippen molar-refractivity contribution in [3.8, 4) is 0 Å². The standard InChI is InChI=1S/C11H16O6/c1-5-7(12)16-9(14)11(3,4)10(15)17-8(13)6-2/h5-6,9-10,14-15H,1-2H2,3-4H3. The number of carbonyl (C=O) groups is 2. The van der Waals surface area contributed by atoms with Crippen LogP contribution in [0.15, 0.2) is 25.3 Å². The predicted molar refractivity (Wildman–Crippen MR) is 58.4 cm³/mol. The van der Waals surface area contributed by atoms with Crippen LogP contribution >= 0.6 is 0 Å². The molecule has 0 bridgehead atoms. The van der Waals surface area contributed by atoms with E-state index in [1.165, 1.54) is 13.8 Å². The average molecular weight is 244 g/mol. The first-order valence-corrected chi connectivity index (χ1v) is 4.78. The van der Waals surface area contributed by atoms with E-state index in [-0.39, 0.29) is 0 Å². The molecule has 0 saturated carbocycles. The highest BCUT2D eigenvalue weighted by atomic mass is 16.7. The molecule has 0 heterocycles. The summed E-state index contributed by atoms with van der Waals surface area (Å²) < 4.78 is 9.04. The van der Waals surface area contributed by atoms with Crippen LogP contribution in [-0.4, -0.2) is 34.7 Å². The van der Waals surface area contributed by atoms with Gasteiger partial charge in [0.15, 0.2) is 0 Å². The molecule has 0 aliphatic rings. The minimum atomic E-state index is -1.65. The maximum atomic E-state index is 10.9. The third-order valence-corrected chi connectivity index (χ3v) is 2.06. The van der Waals surface area contributed by atoms with E-state index in [2.05, 4.69) is 22.6 Å². The lowest BCUT2D eigenvalue weighted by Crippen LogP contribution is -2.44. The summed E-state index contributed by atoms with van der Waals surface area (Å²) >= 11 is 0. The van der Waals surface area contributed by atoms with E-state index in [0.29, 0.717) is 0 Å². The van der Waals surface area contributed by atoms with E-state index in [4.69, 9.17) is 0 Å². The van der Waals surface area contributed by atoms with Crippen molar-refractivity contribution in [2.24, 2.45) is 5.41 Å². The van der Waals surface area contributed by atoms with E-state index >= 15 is 0 Å². The molecule has 96 valence electrons. The summed E-state index contributed by atoms with van der Waals surface area (Å²) in [6, 6.07) is 0. The molecule has 6 nitrogen and oxygen atoms in total. The summed E-state index contributed by atoms with van der Waals surface area (Å²) in [6.07, 6.45) is -1.58. The lowest BCUT2D eigenvalue weighted by atomic mass is 9.91. The van der Waals surface area contributed by atoms with Gasteiger partial charge in [0, 0.05) is 12.2 Å². The highest BCUT2D eigenvalue weighted by Crippen LogP contribution is 2.27. The molecular weight excluding hydrogens is 228 g/mol. The van der Waals surface area contributed by atoms with Gasteiger partial charge >= 0.3 is 11.9 Å². The van der Waals surface area contributed by atoms with E-state index in [1.54, 1.807) is 0 Å². The lowest BCUT2D eigenvalue weighted by Gasteiger charge is -2.32. The number of hydrogen-bond acceptors (Lipinski definition) is 6. The van der Waals surface area contributed by atoms with Crippen molar-refractivity contribution >= 4 is 11.9 Å². The molecule has 6 heteroatoms. The van der Waals surface area contributed by atoms with Crippen molar-refractivity contribution < 1.29 is 29.3 Å². The summed E-state index contributed by atoms with van der Waals surface area (Å²) in [5.74, 6) is -1.71. The summed E-state index contributed by atoms with van der Waals surface area (Å²) in [6.45, 7) is 9.02. The molecule has 0 aromatic carbocycles. The molecule has 2 atom stereocenters. The van der Waals surface area contributed by atoms with Crippen LogP contribution in [0.5, 0.6) is 0 Å². The van der Waals surface area contributed by atoms with Crippen LogP contribution in [0.4, 0.5) is 0 Å². The van der Waals surface area contributed by atoms with Crippen molar-refractivity contribution in [2.45, 2.75) is 26.4 Å². The predicted octanol–water partition coefficient (Wildman–Crippen LogP) is 0.108. The van der Waals surface area contributed by atoms with Crippen LogP contribution in [0.25, 0.3) is 0 Å². The fourth-order valence-corrected chi connectivity index (χ4v) is 0.742. The summed E-state index contributed by atoms with van der Waals surface area (Å²) in [4.78, 5) is 21.7. The minimum absolute atomic E-state index is 0.854. The summed E-state index contributed by atoms with van der Waals surface area (Å²) in [7, 11) is 0. The molecule has 2 unspecified atom stereocenters. The average Bonchev–Trinajstić information content (AvgIpc) is 2.28. The maximum Gasteiger partial charge on any atom is 0.332 e. The van der Waals surface area contributed by atoms with E-state index in [0.717, 1.165) is 12.2 Å². The molecule has 2 N–H and O–H groups in total. The van der Waals surface area contributed by atoms with Crippen LogP contribution in [0.2, 0.25) is 0 Å². The molecule has 0 aromatic heterocycles. The van der Waals surface area contributed by atoms with Crippen LogP contribution in [0.3, 0.4) is 0 Å². The largest absolute Gasteiger partial charge is 0.432 e. The molecule has 0 aromatic rings. The first-order chi connectivity index (χ1) is 7.75. The van der Waals surface area contributed by atoms with Gasteiger partial charge in [0.2, 0.25) is 12.6 Å².